The van der Waals surface area contributed by atoms with Crippen molar-refractivity contribution in [3.63, 3.8) is 0 Å². The second-order valence-corrected chi connectivity index (χ2v) is 8.08. The van der Waals surface area contributed by atoms with Crippen LogP contribution in [0.15, 0.2) is 42.7 Å². The Hall–Kier alpha value is -3.63. The average Bonchev–Trinajstić information content (AvgIpc) is 3.06. The summed E-state index contributed by atoms with van der Waals surface area (Å²) in [5.74, 6) is -0.0335. The molecule has 0 aliphatic carbocycles. The lowest BCUT2D eigenvalue weighted by Gasteiger charge is -2.25. The Morgan fingerprint density at radius 2 is 1.84 bits per heavy atom. The molecule has 8 nitrogen and oxygen atoms in total. The number of amides is 2. The number of halogens is 3. The lowest BCUT2D eigenvalue weighted by Crippen LogP contribution is -2.41. The van der Waals surface area contributed by atoms with Crippen LogP contribution in [0.1, 0.15) is 39.3 Å². The number of ether oxygens (including phenoxy) is 1. The fraction of sp³-hybridized carbons (Fsp3) is 0.333. The summed E-state index contributed by atoms with van der Waals surface area (Å²) in [6, 6.07) is 4.83. The van der Waals surface area contributed by atoms with E-state index in [1.807, 2.05) is 5.32 Å². The third kappa shape index (κ3) is 5.54. The van der Waals surface area contributed by atoms with Gasteiger partial charge in [0.1, 0.15) is 11.4 Å². The van der Waals surface area contributed by atoms with Crippen molar-refractivity contribution in [2.24, 2.45) is 0 Å². The summed E-state index contributed by atoms with van der Waals surface area (Å²) in [6.45, 7) is 6.01. The molecule has 11 heteroatoms. The van der Waals surface area contributed by atoms with E-state index < -0.39 is 23.9 Å². The van der Waals surface area contributed by atoms with Crippen molar-refractivity contribution < 1.29 is 27.5 Å². The highest BCUT2D eigenvalue weighted by atomic mass is 19.4. The number of alkyl carbamates (subject to hydrolysis) is 1. The van der Waals surface area contributed by atoms with Gasteiger partial charge >= 0.3 is 12.3 Å². The Kier molecular flexibility index (Phi) is 6.11. The Morgan fingerprint density at radius 3 is 2.47 bits per heavy atom. The van der Waals surface area contributed by atoms with Crippen molar-refractivity contribution in [2.45, 2.75) is 45.5 Å². The molecule has 2 amide bonds. The molecule has 2 N–H and O–H groups in total. The summed E-state index contributed by atoms with van der Waals surface area (Å²) in [5, 5.41) is 9.31. The van der Waals surface area contributed by atoms with Gasteiger partial charge in [0.25, 0.3) is 0 Å². The normalized spacial score (nSPS) is 13.0. The number of pyridine rings is 1. The molecule has 0 saturated carbocycles. The number of rotatable bonds is 4. The van der Waals surface area contributed by atoms with Gasteiger partial charge in [0.2, 0.25) is 5.91 Å². The summed E-state index contributed by atoms with van der Waals surface area (Å²) in [6.07, 6.45) is -2.94. The fourth-order valence-corrected chi connectivity index (χ4v) is 2.99. The molecule has 2 aromatic heterocycles. The highest BCUT2D eigenvalue weighted by molar-refractivity contribution is 5.90. The van der Waals surface area contributed by atoms with Crippen LogP contribution in [0.4, 0.5) is 23.8 Å². The van der Waals surface area contributed by atoms with Crippen LogP contribution in [-0.2, 0) is 9.53 Å². The van der Waals surface area contributed by atoms with Gasteiger partial charge in [0, 0.05) is 24.6 Å². The van der Waals surface area contributed by atoms with Crippen molar-refractivity contribution in [3.8, 4) is 5.69 Å². The molecule has 2 heterocycles. The summed E-state index contributed by atoms with van der Waals surface area (Å²) in [4.78, 5) is 27.4. The van der Waals surface area contributed by atoms with Gasteiger partial charge in [-0.15, -0.1) is 0 Å². The quantitative estimate of drug-likeness (QED) is 0.611. The Labute approximate surface area is 181 Å². The Bertz CT molecular complexity index is 1150. The van der Waals surface area contributed by atoms with Gasteiger partial charge in [-0.1, -0.05) is 12.1 Å². The molecule has 0 saturated heterocycles. The third-order valence-electron chi connectivity index (χ3n) is 4.19. The minimum absolute atomic E-state index is 0.194. The van der Waals surface area contributed by atoms with Gasteiger partial charge < -0.3 is 15.4 Å². The van der Waals surface area contributed by atoms with Crippen LogP contribution in [-0.4, -0.2) is 38.5 Å². The molecule has 1 unspecified atom stereocenters. The molecular weight excluding hydrogens is 427 g/mol. The molecule has 0 fully saturated rings. The lowest BCUT2D eigenvalue weighted by atomic mass is 10.1. The van der Waals surface area contributed by atoms with Gasteiger partial charge in [0.05, 0.1) is 17.4 Å². The van der Waals surface area contributed by atoms with E-state index in [0.717, 1.165) is 0 Å². The minimum atomic E-state index is -4.76. The largest absolute Gasteiger partial charge is 0.444 e. The van der Waals surface area contributed by atoms with Crippen LogP contribution < -0.4 is 10.6 Å². The zero-order valence-electron chi connectivity index (χ0n) is 17.8. The van der Waals surface area contributed by atoms with Gasteiger partial charge in [-0.3, -0.25) is 4.79 Å². The van der Waals surface area contributed by atoms with Gasteiger partial charge in [-0.25, -0.2) is 14.5 Å². The first-order valence-corrected chi connectivity index (χ1v) is 9.61. The lowest BCUT2D eigenvalue weighted by molar-refractivity contribution is -0.156. The molecule has 0 aliphatic rings. The summed E-state index contributed by atoms with van der Waals surface area (Å²) < 4.78 is 47.7. The van der Waals surface area contributed by atoms with Crippen molar-refractivity contribution in [1.82, 2.24) is 20.1 Å². The van der Waals surface area contributed by atoms with Crippen LogP contribution in [0.3, 0.4) is 0 Å². The molecular formula is C21H22F3N5O3. The number of hydrogen-bond donors (Lipinski definition) is 2. The smallest absolute Gasteiger partial charge is 0.412 e. The van der Waals surface area contributed by atoms with Gasteiger partial charge in [0.15, 0.2) is 6.04 Å². The molecule has 0 radical (unpaired) electrons. The molecule has 0 bridgehead atoms. The topological polar surface area (TPSA) is 98.1 Å². The Morgan fingerprint density at radius 1 is 1.12 bits per heavy atom. The maximum Gasteiger partial charge on any atom is 0.412 e. The number of benzene rings is 1. The number of fused-ring (bicyclic) bond motifs is 1. The second-order valence-electron chi connectivity index (χ2n) is 8.08. The number of hydrogen-bond acceptors (Lipinski definition) is 5. The maximum atomic E-state index is 13.8. The van der Waals surface area contributed by atoms with E-state index >= 15 is 0 Å². The number of carbonyl (C=O) groups excluding carboxylic acids is 2. The fourth-order valence-electron chi connectivity index (χ4n) is 2.99. The highest BCUT2D eigenvalue weighted by Gasteiger charge is 2.42. The average molecular weight is 449 g/mol. The SMILES string of the molecule is CC(=O)Nc1cc2c(cn1)cnn2-c1cccc(C(NC(=O)OC(C)(C)C)C(F)(F)F)c1. The minimum Gasteiger partial charge on any atom is -0.444 e. The predicted molar refractivity (Wildman–Crippen MR) is 111 cm³/mol. The summed E-state index contributed by atoms with van der Waals surface area (Å²) in [7, 11) is 0. The monoisotopic (exact) mass is 449 g/mol. The first-order valence-electron chi connectivity index (χ1n) is 9.61. The third-order valence-corrected chi connectivity index (χ3v) is 4.19. The highest BCUT2D eigenvalue weighted by Crippen LogP contribution is 2.34. The second kappa shape index (κ2) is 8.48. The van der Waals surface area contributed by atoms with Gasteiger partial charge in [-0.05, 0) is 38.5 Å². The van der Waals surface area contributed by atoms with Crippen molar-refractivity contribution >= 4 is 28.7 Å². The van der Waals surface area contributed by atoms with Crippen LogP contribution in [0, 0.1) is 0 Å². The number of nitrogens with one attached hydrogen (secondary N) is 2. The number of nitrogens with zero attached hydrogens (tertiary/aromatic N) is 3. The van der Waals surface area contributed by atoms with E-state index in [9.17, 15) is 22.8 Å². The van der Waals surface area contributed by atoms with Gasteiger partial charge in [-0.2, -0.15) is 18.3 Å². The standard InChI is InChI=1S/C21H22F3N5O3/c1-12(30)27-17-9-16-14(10-25-17)11-26-29(16)15-7-5-6-13(8-15)18(21(22,23)24)28-19(31)32-20(2,3)4/h5-11,18H,1-4H3,(H,28,31)(H,25,27,30). The first-order chi connectivity index (χ1) is 14.8. The van der Waals surface area contributed by atoms with Crippen molar-refractivity contribution in [3.05, 3.63) is 48.3 Å². The maximum absolute atomic E-state index is 13.8. The van der Waals surface area contributed by atoms with E-state index in [1.165, 1.54) is 42.2 Å². The number of alkyl halides is 3. The van der Waals surface area contributed by atoms with E-state index in [0.29, 0.717) is 16.6 Å². The molecule has 0 aliphatic heterocycles. The van der Waals surface area contributed by atoms with E-state index in [2.05, 4.69) is 15.4 Å². The Balaban J connectivity index is 1.99. The van der Waals surface area contributed by atoms with E-state index in [-0.39, 0.29) is 17.3 Å². The van der Waals surface area contributed by atoms with Crippen LogP contribution >= 0.6 is 0 Å². The number of aromatic nitrogens is 3. The first kappa shape index (κ1) is 23.0. The van der Waals surface area contributed by atoms with Crippen LogP contribution in [0.2, 0.25) is 0 Å². The summed E-state index contributed by atoms with van der Waals surface area (Å²) >= 11 is 0. The predicted octanol–water partition coefficient (Wildman–Crippen LogP) is 4.51. The molecule has 1 atom stereocenters. The molecule has 1 aromatic carbocycles. The summed E-state index contributed by atoms with van der Waals surface area (Å²) in [5.41, 5.74) is -0.279. The number of carbonyl (C=O) groups is 2. The van der Waals surface area contributed by atoms with E-state index in [4.69, 9.17) is 4.74 Å². The van der Waals surface area contributed by atoms with Crippen LogP contribution in [0.25, 0.3) is 16.6 Å². The zero-order valence-corrected chi connectivity index (χ0v) is 17.8. The zero-order chi connectivity index (χ0) is 23.7. The molecule has 32 heavy (non-hydrogen) atoms. The van der Waals surface area contributed by atoms with Crippen molar-refractivity contribution in [1.29, 1.82) is 0 Å². The van der Waals surface area contributed by atoms with Crippen LogP contribution in [0.5, 0.6) is 0 Å². The van der Waals surface area contributed by atoms with E-state index in [1.54, 1.807) is 32.9 Å². The molecule has 3 aromatic rings. The number of anilines is 1. The molecule has 3 rings (SSSR count). The molecule has 170 valence electrons. The van der Waals surface area contributed by atoms with Crippen molar-refractivity contribution in [2.75, 3.05) is 5.32 Å². The molecule has 0 spiro atoms.